The second kappa shape index (κ2) is 21.2. The molecule has 184 valence electrons. The Bertz CT molecular complexity index is 1090. The number of benzene rings is 4. The van der Waals surface area contributed by atoms with Crippen LogP contribution in [0.2, 0.25) is 0 Å². The third-order valence-corrected chi connectivity index (χ3v) is 4.74. The molecule has 6 aromatic rings. The van der Waals surface area contributed by atoms with Crippen molar-refractivity contribution >= 4 is 58.5 Å². The van der Waals surface area contributed by atoms with E-state index in [0.29, 0.717) is 0 Å². The third-order valence-electron chi connectivity index (χ3n) is 4.74. The quantitative estimate of drug-likeness (QED) is 0.114. The molecule has 0 nitrogen and oxygen atoms in total. The fourth-order valence-electron chi connectivity index (χ4n) is 3.30. The van der Waals surface area contributed by atoms with E-state index in [1.54, 1.807) is 21.6 Å². The van der Waals surface area contributed by atoms with Gasteiger partial charge in [-0.2, -0.15) is 84.9 Å². The molecule has 0 aliphatic heterocycles. The Balaban J connectivity index is 0.000000446. The summed E-state index contributed by atoms with van der Waals surface area (Å²) >= 11 is 3.64. The van der Waals surface area contributed by atoms with E-state index in [2.05, 4.69) is 111 Å². The van der Waals surface area contributed by atoms with Crippen molar-refractivity contribution in [3.63, 3.8) is 0 Å². The first kappa shape index (κ1) is 34.1. The van der Waals surface area contributed by atoms with Gasteiger partial charge in [0.2, 0.25) is 0 Å². The van der Waals surface area contributed by atoms with E-state index in [4.69, 9.17) is 0 Å². The Hall–Kier alpha value is -1.89. The summed E-state index contributed by atoms with van der Waals surface area (Å²) in [5, 5.41) is 5.39. The van der Waals surface area contributed by atoms with Gasteiger partial charge in [-0.15, -0.1) is 106 Å². The van der Waals surface area contributed by atoms with Crippen molar-refractivity contribution in [3.05, 3.63) is 157 Å². The first-order valence-electron chi connectivity index (χ1n) is 11.0. The van der Waals surface area contributed by atoms with Crippen LogP contribution >= 0.6 is 24.8 Å². The van der Waals surface area contributed by atoms with Gasteiger partial charge in [-0.25, -0.2) is 0 Å². The van der Waals surface area contributed by atoms with Crippen LogP contribution in [-0.2, 0) is 21.6 Å². The van der Waals surface area contributed by atoms with Gasteiger partial charge >= 0.3 is 33.7 Å². The van der Waals surface area contributed by atoms with Crippen molar-refractivity contribution in [3.8, 4) is 0 Å². The minimum absolute atomic E-state index is 0. The van der Waals surface area contributed by atoms with Crippen LogP contribution < -0.4 is 0 Å². The summed E-state index contributed by atoms with van der Waals surface area (Å²) in [4.78, 5) is 0. The van der Waals surface area contributed by atoms with Gasteiger partial charge in [0.1, 0.15) is 0 Å². The Morgan fingerprint density at radius 2 is 0.861 bits per heavy atom. The Morgan fingerprint density at radius 3 is 1.11 bits per heavy atom. The molecule has 0 atom stereocenters. The predicted molar refractivity (Wildman–Crippen MR) is 159 cm³/mol. The third kappa shape index (κ3) is 13.4. The summed E-state index contributed by atoms with van der Waals surface area (Å²) in [6.07, 6.45) is 0. The summed E-state index contributed by atoms with van der Waals surface area (Å²) < 4.78 is 0. The molecule has 0 saturated carbocycles. The van der Waals surface area contributed by atoms with E-state index in [1.807, 2.05) is 60.7 Å². The molecular weight excluding hydrogens is 619 g/mol. The molecule has 6 rings (SSSR count). The number of hydrogen-bond acceptors (Lipinski definition) is 0. The summed E-state index contributed by atoms with van der Waals surface area (Å²) in [5.74, 6) is 0. The average molecular weight is 649 g/mol. The largest absolute Gasteiger partial charge is 0.184 e. The topological polar surface area (TPSA) is 0 Å². The molecule has 0 aliphatic rings. The fraction of sp³-hybridized carbons (Fsp3) is 0.0625. The molecule has 0 aliphatic carbocycles. The number of aryl methyl sites for hydroxylation is 2. The van der Waals surface area contributed by atoms with Crippen molar-refractivity contribution in [1.82, 2.24) is 0 Å². The molecule has 2 radical (unpaired) electrons. The monoisotopic (exact) mass is 648 g/mol. The summed E-state index contributed by atoms with van der Waals surface area (Å²) in [7, 11) is 0. The van der Waals surface area contributed by atoms with Crippen molar-refractivity contribution < 1.29 is 21.6 Å². The second-order valence-corrected chi connectivity index (χ2v) is 7.48. The zero-order valence-corrected chi connectivity index (χ0v) is 26.7. The molecule has 6 aromatic carbocycles. The van der Waals surface area contributed by atoms with Gasteiger partial charge in [0.25, 0.3) is 0 Å². The van der Waals surface area contributed by atoms with Gasteiger partial charge in [-0.05, 0) is 0 Å². The zero-order valence-electron chi connectivity index (χ0n) is 20.5. The summed E-state index contributed by atoms with van der Waals surface area (Å²) in [5.41, 5.74) is 2.70. The maximum Gasteiger partial charge on any atom is -0.171 e. The molecule has 4 heteroatoms. The van der Waals surface area contributed by atoms with Crippen molar-refractivity contribution in [1.29, 1.82) is 0 Å². The van der Waals surface area contributed by atoms with Crippen molar-refractivity contribution in [2.24, 2.45) is 0 Å². The molecule has 0 fully saturated rings. The Morgan fingerprint density at radius 1 is 0.528 bits per heavy atom. The Kier molecular flexibility index (Phi) is 20.1. The predicted octanol–water partition coefficient (Wildman–Crippen LogP) is 9.17. The van der Waals surface area contributed by atoms with Gasteiger partial charge in [0.15, 0.2) is 0 Å². The van der Waals surface area contributed by atoms with Crippen LogP contribution in [0.4, 0.5) is 0 Å². The SMILES string of the molecule is Cc1cc2ccccc2[cH-]1.Cc1cc2ccccc2[cH-]1.Cl.Cl.[Ge]=[Zr].[c-]1ccccc1.[c-]1ccccc1. The molecule has 36 heavy (non-hydrogen) atoms. The van der Waals surface area contributed by atoms with E-state index in [9.17, 15) is 0 Å². The molecule has 0 N–H and O–H groups in total. The van der Waals surface area contributed by atoms with Crippen LogP contribution in [0.3, 0.4) is 0 Å². The number of hydrogen-bond donors (Lipinski definition) is 0. The Labute approximate surface area is 248 Å². The average Bonchev–Trinajstić information content (AvgIpc) is 3.49. The minimum atomic E-state index is 0. The van der Waals surface area contributed by atoms with Gasteiger partial charge in [0.05, 0.1) is 0 Å². The fourth-order valence-corrected chi connectivity index (χ4v) is 3.30. The van der Waals surface area contributed by atoms with Crippen LogP contribution in [0.1, 0.15) is 11.1 Å². The van der Waals surface area contributed by atoms with Gasteiger partial charge in [-0.3, -0.25) is 0 Å². The van der Waals surface area contributed by atoms with Crippen LogP contribution in [-0.4, -0.2) is 12.1 Å². The molecule has 0 saturated heterocycles. The first-order chi connectivity index (χ1) is 16.7. The van der Waals surface area contributed by atoms with Crippen molar-refractivity contribution in [2.45, 2.75) is 13.8 Å². The molecule has 0 bridgehead atoms. The van der Waals surface area contributed by atoms with E-state index in [-0.39, 0.29) is 24.8 Å². The summed E-state index contributed by atoms with van der Waals surface area (Å²) in [6.45, 7) is 4.25. The maximum absolute atomic E-state index is 2.89. The zero-order chi connectivity index (χ0) is 24.4. The molecule has 0 unspecified atom stereocenters. The van der Waals surface area contributed by atoms with Gasteiger partial charge in [0, 0.05) is 0 Å². The van der Waals surface area contributed by atoms with Crippen molar-refractivity contribution in [2.75, 3.05) is 0 Å². The van der Waals surface area contributed by atoms with Gasteiger partial charge < -0.3 is 0 Å². The number of halogens is 2. The van der Waals surface area contributed by atoms with Crippen LogP contribution in [0.25, 0.3) is 21.5 Å². The summed E-state index contributed by atoms with van der Waals surface area (Å²) in [6, 6.07) is 50.7. The minimum Gasteiger partial charge on any atom is -0.184 e. The van der Waals surface area contributed by atoms with Gasteiger partial charge in [-0.1, -0.05) is 26.0 Å². The maximum atomic E-state index is 2.89. The number of rotatable bonds is 0. The molecule has 0 amide bonds. The van der Waals surface area contributed by atoms with E-state index in [1.165, 1.54) is 32.7 Å². The first-order valence-corrected chi connectivity index (χ1v) is 18.5. The molecule has 0 aromatic heterocycles. The number of fused-ring (bicyclic) bond motifs is 2. The molecule has 0 spiro atoms. The van der Waals surface area contributed by atoms with E-state index >= 15 is 0 Å². The second-order valence-electron chi connectivity index (χ2n) is 7.48. The molecule has 0 heterocycles. The standard InChI is InChI=1S/2C10H9.2C6H5.2ClH.Ge.Zr/c2*1-8-6-9-4-2-3-5-10(9)7-8;2*1-2-4-6-5-3-1;;;;/h2*2-7H,1H3;2*1-5H;2*1H;;/q4*-1;;;;. The van der Waals surface area contributed by atoms with E-state index < -0.39 is 0 Å². The normalized spacial score (nSPS) is 8.58. The van der Waals surface area contributed by atoms with Crippen LogP contribution in [0, 0.1) is 26.0 Å². The smallest absolute Gasteiger partial charge is 0.171 e. The van der Waals surface area contributed by atoms with E-state index in [0.717, 1.165) is 0 Å². The van der Waals surface area contributed by atoms with Crippen LogP contribution in [0.15, 0.2) is 133 Å². The van der Waals surface area contributed by atoms with Crippen LogP contribution in [0.5, 0.6) is 0 Å². The molecular formula is C32H30Cl2GeZr-4.